The zero-order chi connectivity index (χ0) is 15.6. The monoisotopic (exact) mass is 331 g/mol. The second-order valence-electron chi connectivity index (χ2n) is 5.54. The van der Waals surface area contributed by atoms with Gasteiger partial charge in [-0.25, -0.2) is 17.9 Å². The summed E-state index contributed by atoms with van der Waals surface area (Å²) >= 11 is 5.92. The number of hydrogen-bond acceptors (Lipinski definition) is 3. The van der Waals surface area contributed by atoms with E-state index in [-0.39, 0.29) is 21.5 Å². The van der Waals surface area contributed by atoms with Crippen LogP contribution < -0.4 is 4.72 Å². The first-order valence-electron chi connectivity index (χ1n) is 6.85. The van der Waals surface area contributed by atoms with Gasteiger partial charge in [-0.3, -0.25) is 0 Å². The molecular formula is C14H18ClNO4S. The van der Waals surface area contributed by atoms with E-state index in [0.717, 1.165) is 31.7 Å². The summed E-state index contributed by atoms with van der Waals surface area (Å²) in [5.74, 6) is -0.707. The molecule has 0 amide bonds. The Hall–Kier alpha value is -1.11. The molecule has 2 N–H and O–H groups in total. The van der Waals surface area contributed by atoms with Gasteiger partial charge in [-0.2, -0.15) is 0 Å². The number of hydrogen-bond donors (Lipinski definition) is 2. The van der Waals surface area contributed by atoms with Crippen molar-refractivity contribution >= 4 is 27.6 Å². The van der Waals surface area contributed by atoms with Gasteiger partial charge in [0.15, 0.2) is 0 Å². The Bertz CT molecular complexity index is 644. The first-order chi connectivity index (χ1) is 9.79. The van der Waals surface area contributed by atoms with Crippen LogP contribution in [0.25, 0.3) is 0 Å². The van der Waals surface area contributed by atoms with Crippen molar-refractivity contribution in [3.05, 3.63) is 28.8 Å². The standard InChI is InChI=1S/C14H18ClNO4S/c1-9-3-2-4-11(7-9)16-21(19,20)13-8-10(14(17)18)5-6-12(13)15/h5-6,8-9,11,16H,2-4,7H2,1H3,(H,17,18). The number of sulfonamides is 1. The fourth-order valence-corrected chi connectivity index (χ4v) is 4.48. The van der Waals surface area contributed by atoms with Crippen LogP contribution in [-0.2, 0) is 10.0 Å². The van der Waals surface area contributed by atoms with Gasteiger partial charge < -0.3 is 5.11 Å². The minimum atomic E-state index is -3.82. The number of carboxylic acid groups (broad SMARTS) is 1. The molecule has 0 heterocycles. The summed E-state index contributed by atoms with van der Waals surface area (Å²) < 4.78 is 27.5. The van der Waals surface area contributed by atoms with E-state index in [9.17, 15) is 13.2 Å². The Labute approximate surface area is 129 Å². The van der Waals surface area contributed by atoms with E-state index < -0.39 is 16.0 Å². The SMILES string of the molecule is CC1CCCC(NS(=O)(=O)c2cc(C(=O)O)ccc2Cl)C1. The van der Waals surface area contributed by atoms with E-state index in [4.69, 9.17) is 16.7 Å². The van der Waals surface area contributed by atoms with E-state index in [1.165, 1.54) is 12.1 Å². The van der Waals surface area contributed by atoms with Gasteiger partial charge in [0, 0.05) is 6.04 Å². The Morgan fingerprint density at radius 3 is 2.71 bits per heavy atom. The van der Waals surface area contributed by atoms with E-state index in [1.807, 2.05) is 0 Å². The van der Waals surface area contributed by atoms with Crippen LogP contribution in [-0.4, -0.2) is 25.5 Å². The van der Waals surface area contributed by atoms with Gasteiger partial charge in [0.05, 0.1) is 10.6 Å². The lowest BCUT2D eigenvalue weighted by molar-refractivity contribution is 0.0696. The Balaban J connectivity index is 2.26. The largest absolute Gasteiger partial charge is 0.478 e. The highest BCUT2D eigenvalue weighted by atomic mass is 35.5. The summed E-state index contributed by atoms with van der Waals surface area (Å²) in [5.41, 5.74) is -0.100. The second-order valence-corrected chi connectivity index (χ2v) is 7.63. The molecule has 0 radical (unpaired) electrons. The molecule has 21 heavy (non-hydrogen) atoms. The third kappa shape index (κ3) is 3.96. The van der Waals surface area contributed by atoms with Crippen molar-refractivity contribution in [3.63, 3.8) is 0 Å². The van der Waals surface area contributed by atoms with E-state index in [1.54, 1.807) is 0 Å². The van der Waals surface area contributed by atoms with Crippen LogP contribution in [0.5, 0.6) is 0 Å². The molecule has 0 spiro atoms. The van der Waals surface area contributed by atoms with Gasteiger partial charge in [-0.1, -0.05) is 31.4 Å². The highest BCUT2D eigenvalue weighted by molar-refractivity contribution is 7.89. The molecule has 0 bridgehead atoms. The quantitative estimate of drug-likeness (QED) is 0.888. The number of rotatable bonds is 4. The molecule has 0 saturated heterocycles. The maximum Gasteiger partial charge on any atom is 0.335 e. The van der Waals surface area contributed by atoms with Gasteiger partial charge in [0.25, 0.3) is 0 Å². The van der Waals surface area contributed by atoms with Gasteiger partial charge in [-0.15, -0.1) is 0 Å². The molecular weight excluding hydrogens is 314 g/mol. The summed E-state index contributed by atoms with van der Waals surface area (Å²) in [4.78, 5) is 10.8. The minimum Gasteiger partial charge on any atom is -0.478 e. The van der Waals surface area contributed by atoms with Crippen LogP contribution in [0.2, 0.25) is 5.02 Å². The molecule has 116 valence electrons. The molecule has 2 rings (SSSR count). The lowest BCUT2D eigenvalue weighted by atomic mass is 9.88. The maximum absolute atomic E-state index is 12.4. The molecule has 0 aromatic heterocycles. The highest BCUT2D eigenvalue weighted by Crippen LogP contribution is 2.27. The van der Waals surface area contributed by atoms with Gasteiger partial charge in [0.1, 0.15) is 4.90 Å². The van der Waals surface area contributed by atoms with Crippen molar-refractivity contribution in [2.24, 2.45) is 5.92 Å². The third-order valence-electron chi connectivity index (χ3n) is 3.73. The fraction of sp³-hybridized carbons (Fsp3) is 0.500. The molecule has 1 aliphatic carbocycles. The number of benzene rings is 1. The van der Waals surface area contributed by atoms with E-state index in [2.05, 4.69) is 11.6 Å². The number of carbonyl (C=O) groups is 1. The van der Waals surface area contributed by atoms with Crippen LogP contribution in [0.1, 0.15) is 43.0 Å². The Morgan fingerprint density at radius 2 is 2.10 bits per heavy atom. The van der Waals surface area contributed by atoms with Crippen molar-refractivity contribution in [2.75, 3.05) is 0 Å². The average Bonchev–Trinajstić information content (AvgIpc) is 2.38. The van der Waals surface area contributed by atoms with E-state index in [0.29, 0.717) is 5.92 Å². The number of nitrogens with one attached hydrogen (secondary N) is 1. The maximum atomic E-state index is 12.4. The number of aromatic carboxylic acids is 1. The van der Waals surface area contributed by atoms with Crippen molar-refractivity contribution < 1.29 is 18.3 Å². The fourth-order valence-electron chi connectivity index (χ4n) is 2.67. The first-order valence-corrected chi connectivity index (χ1v) is 8.71. The molecule has 7 heteroatoms. The van der Waals surface area contributed by atoms with Gasteiger partial charge in [-0.05, 0) is 37.0 Å². The lowest BCUT2D eigenvalue weighted by Crippen LogP contribution is -2.38. The third-order valence-corrected chi connectivity index (χ3v) is 5.73. The molecule has 2 unspecified atom stereocenters. The number of carboxylic acids is 1. The van der Waals surface area contributed by atoms with Crippen LogP contribution in [0.4, 0.5) is 0 Å². The topological polar surface area (TPSA) is 83.5 Å². The predicted molar refractivity (Wildman–Crippen MR) is 80.2 cm³/mol. The summed E-state index contributed by atoms with van der Waals surface area (Å²) in [6.45, 7) is 2.10. The van der Waals surface area contributed by atoms with Crippen LogP contribution in [0, 0.1) is 5.92 Å². The van der Waals surface area contributed by atoms with Gasteiger partial charge in [0.2, 0.25) is 10.0 Å². The molecule has 1 fully saturated rings. The molecule has 1 aromatic rings. The van der Waals surface area contributed by atoms with E-state index >= 15 is 0 Å². The van der Waals surface area contributed by atoms with Crippen LogP contribution >= 0.6 is 11.6 Å². The summed E-state index contributed by atoms with van der Waals surface area (Å²) in [6, 6.07) is 3.55. The molecule has 0 aliphatic heterocycles. The highest BCUT2D eigenvalue weighted by Gasteiger charge is 2.26. The van der Waals surface area contributed by atoms with Crippen molar-refractivity contribution in [3.8, 4) is 0 Å². The van der Waals surface area contributed by atoms with Crippen molar-refractivity contribution in [2.45, 2.75) is 43.5 Å². The normalized spacial score (nSPS) is 23.0. The Morgan fingerprint density at radius 1 is 1.38 bits per heavy atom. The second kappa shape index (κ2) is 6.34. The molecule has 1 saturated carbocycles. The van der Waals surface area contributed by atoms with Gasteiger partial charge >= 0.3 is 5.97 Å². The molecule has 1 aliphatic rings. The molecule has 5 nitrogen and oxygen atoms in total. The minimum absolute atomic E-state index is 0.0244. The number of halogens is 1. The zero-order valence-corrected chi connectivity index (χ0v) is 13.2. The van der Waals surface area contributed by atoms with Crippen molar-refractivity contribution in [1.82, 2.24) is 4.72 Å². The van der Waals surface area contributed by atoms with Crippen molar-refractivity contribution in [1.29, 1.82) is 0 Å². The van der Waals surface area contributed by atoms with Crippen LogP contribution in [0.3, 0.4) is 0 Å². The lowest BCUT2D eigenvalue weighted by Gasteiger charge is -2.27. The summed E-state index contributed by atoms with van der Waals surface area (Å²) in [7, 11) is -3.82. The molecule has 2 atom stereocenters. The average molecular weight is 332 g/mol. The Kier molecular flexibility index (Phi) is 4.91. The predicted octanol–water partition coefficient (Wildman–Crippen LogP) is 2.90. The zero-order valence-electron chi connectivity index (χ0n) is 11.7. The smallest absolute Gasteiger partial charge is 0.335 e. The summed E-state index contributed by atoms with van der Waals surface area (Å²) in [5, 5.41) is 8.99. The van der Waals surface area contributed by atoms with Crippen LogP contribution in [0.15, 0.2) is 23.1 Å². The summed E-state index contributed by atoms with van der Waals surface area (Å²) in [6.07, 6.45) is 3.67. The first kappa shape index (κ1) is 16.3. The molecule has 1 aromatic carbocycles.